The smallest absolute Gasteiger partial charge is 0.107 e. The Bertz CT molecular complexity index is 341. The quantitative estimate of drug-likeness (QED) is 0.525. The van der Waals surface area contributed by atoms with E-state index in [9.17, 15) is 0 Å². The average molecular weight is 265 g/mol. The van der Waals surface area contributed by atoms with Crippen molar-refractivity contribution in [3.8, 4) is 18.2 Å². The zero-order valence-electron chi connectivity index (χ0n) is 11.2. The number of hydrogen-bond acceptors (Lipinski definition) is 6. The van der Waals surface area contributed by atoms with E-state index < -0.39 is 0 Å². The lowest BCUT2D eigenvalue weighted by atomic mass is 10.2. The summed E-state index contributed by atoms with van der Waals surface area (Å²) < 4.78 is 16.3. The molecule has 0 saturated heterocycles. The summed E-state index contributed by atoms with van der Waals surface area (Å²) in [6.45, 7) is 3.14. The van der Waals surface area contributed by atoms with Crippen LogP contribution >= 0.6 is 0 Å². The van der Waals surface area contributed by atoms with E-state index in [4.69, 9.17) is 30.0 Å². The lowest BCUT2D eigenvalue weighted by molar-refractivity contribution is -0.0949. The van der Waals surface area contributed by atoms with Crippen LogP contribution in [0.15, 0.2) is 0 Å². The molecular weight excluding hydrogens is 246 g/mol. The fourth-order valence-corrected chi connectivity index (χ4v) is 1.29. The number of hydrogen-bond donors (Lipinski definition) is 0. The van der Waals surface area contributed by atoms with Crippen LogP contribution in [0.3, 0.4) is 0 Å². The molecule has 0 saturated carbocycles. The summed E-state index contributed by atoms with van der Waals surface area (Å²) in [6, 6.07) is 5.98. The zero-order chi connectivity index (χ0) is 14.3. The Morgan fingerprint density at radius 3 is 1.95 bits per heavy atom. The second kappa shape index (κ2) is 12.8. The fraction of sp³-hybridized carbons (Fsp3) is 0.769. The van der Waals surface area contributed by atoms with E-state index in [1.165, 1.54) is 0 Å². The molecule has 0 aliphatic rings. The second-order valence-corrected chi connectivity index (χ2v) is 3.78. The standard InChI is InChI=1S/C13H19N3O3/c1-12(18-9-3-6-15)13(19-10-4-7-16)11-17-8-2-5-14/h12-13H,2-4,8-11H2,1H3. The van der Waals surface area contributed by atoms with Crippen molar-refractivity contribution < 1.29 is 14.2 Å². The van der Waals surface area contributed by atoms with Crippen LogP contribution in [-0.4, -0.2) is 38.6 Å². The molecule has 2 atom stereocenters. The van der Waals surface area contributed by atoms with E-state index in [1.807, 2.05) is 25.1 Å². The van der Waals surface area contributed by atoms with Crippen LogP contribution in [0.4, 0.5) is 0 Å². The average Bonchev–Trinajstić information content (AvgIpc) is 2.41. The van der Waals surface area contributed by atoms with Crippen LogP contribution in [0, 0.1) is 34.0 Å². The van der Waals surface area contributed by atoms with Crippen LogP contribution in [-0.2, 0) is 14.2 Å². The third-order valence-electron chi connectivity index (χ3n) is 2.30. The maximum absolute atomic E-state index is 8.47. The van der Waals surface area contributed by atoms with Crippen LogP contribution in [0.2, 0.25) is 0 Å². The molecule has 0 aliphatic heterocycles. The molecule has 0 N–H and O–H groups in total. The van der Waals surface area contributed by atoms with Gasteiger partial charge in [-0.1, -0.05) is 0 Å². The van der Waals surface area contributed by atoms with E-state index in [0.29, 0.717) is 45.7 Å². The van der Waals surface area contributed by atoms with Gasteiger partial charge in [-0.15, -0.1) is 0 Å². The normalized spacial score (nSPS) is 12.9. The van der Waals surface area contributed by atoms with Crippen LogP contribution in [0.1, 0.15) is 26.2 Å². The van der Waals surface area contributed by atoms with Crippen molar-refractivity contribution in [2.24, 2.45) is 0 Å². The number of rotatable bonds is 11. The Labute approximate surface area is 114 Å². The second-order valence-electron chi connectivity index (χ2n) is 3.78. The predicted molar refractivity (Wildman–Crippen MR) is 66.7 cm³/mol. The molecule has 0 bridgehead atoms. The topological polar surface area (TPSA) is 99.1 Å². The van der Waals surface area contributed by atoms with Gasteiger partial charge >= 0.3 is 0 Å². The van der Waals surface area contributed by atoms with E-state index in [1.54, 1.807) is 0 Å². The van der Waals surface area contributed by atoms with Crippen molar-refractivity contribution in [3.63, 3.8) is 0 Å². The molecule has 0 rings (SSSR count). The molecule has 0 spiro atoms. The summed E-state index contributed by atoms with van der Waals surface area (Å²) in [5, 5.41) is 25.3. The molecule has 0 aromatic rings. The van der Waals surface area contributed by atoms with Crippen molar-refractivity contribution in [1.82, 2.24) is 0 Å². The molecule has 0 amide bonds. The van der Waals surface area contributed by atoms with Crippen LogP contribution < -0.4 is 0 Å². The van der Waals surface area contributed by atoms with E-state index in [-0.39, 0.29) is 12.2 Å². The number of ether oxygens (including phenoxy) is 3. The third-order valence-corrected chi connectivity index (χ3v) is 2.30. The summed E-state index contributed by atoms with van der Waals surface area (Å²) in [5.41, 5.74) is 0. The first-order valence-corrected chi connectivity index (χ1v) is 6.18. The minimum Gasteiger partial charge on any atom is -0.378 e. The lowest BCUT2D eigenvalue weighted by Crippen LogP contribution is -2.34. The molecule has 0 aromatic carbocycles. The highest BCUT2D eigenvalue weighted by molar-refractivity contribution is 4.73. The van der Waals surface area contributed by atoms with Gasteiger partial charge in [-0.3, -0.25) is 0 Å². The number of nitrogens with zero attached hydrogens (tertiary/aromatic N) is 3. The molecule has 6 heteroatoms. The molecule has 0 aliphatic carbocycles. The molecular formula is C13H19N3O3. The van der Waals surface area contributed by atoms with E-state index in [0.717, 1.165) is 0 Å². The maximum Gasteiger partial charge on any atom is 0.107 e. The van der Waals surface area contributed by atoms with Gasteiger partial charge in [0.2, 0.25) is 0 Å². The van der Waals surface area contributed by atoms with E-state index >= 15 is 0 Å². The zero-order valence-corrected chi connectivity index (χ0v) is 11.2. The summed E-state index contributed by atoms with van der Waals surface area (Å²) in [4.78, 5) is 0. The van der Waals surface area contributed by atoms with Gasteiger partial charge < -0.3 is 14.2 Å². The first-order valence-electron chi connectivity index (χ1n) is 6.18. The van der Waals surface area contributed by atoms with Gasteiger partial charge in [-0.25, -0.2) is 0 Å². The van der Waals surface area contributed by atoms with Gasteiger partial charge in [0.25, 0.3) is 0 Å². The molecule has 0 radical (unpaired) electrons. The molecule has 6 nitrogen and oxygen atoms in total. The monoisotopic (exact) mass is 265 g/mol. The summed E-state index contributed by atoms with van der Waals surface area (Å²) >= 11 is 0. The van der Waals surface area contributed by atoms with Crippen molar-refractivity contribution in [2.45, 2.75) is 38.4 Å². The van der Waals surface area contributed by atoms with Crippen molar-refractivity contribution in [1.29, 1.82) is 15.8 Å². The minimum atomic E-state index is -0.300. The summed E-state index contributed by atoms with van der Waals surface area (Å²) in [5.74, 6) is 0. The van der Waals surface area contributed by atoms with Gasteiger partial charge in [0, 0.05) is 0 Å². The van der Waals surface area contributed by atoms with Crippen molar-refractivity contribution in [2.75, 3.05) is 26.4 Å². The molecule has 0 heterocycles. The van der Waals surface area contributed by atoms with E-state index in [2.05, 4.69) is 0 Å². The van der Waals surface area contributed by atoms with Gasteiger partial charge in [-0.05, 0) is 6.92 Å². The van der Waals surface area contributed by atoms with Gasteiger partial charge in [0.15, 0.2) is 0 Å². The highest BCUT2D eigenvalue weighted by Crippen LogP contribution is 2.06. The number of nitriles is 3. The largest absolute Gasteiger partial charge is 0.378 e. The predicted octanol–water partition coefficient (Wildman–Crippen LogP) is 1.53. The maximum atomic E-state index is 8.47. The molecule has 0 aromatic heterocycles. The minimum absolute atomic E-state index is 0.228. The highest BCUT2D eigenvalue weighted by Gasteiger charge is 2.18. The fourth-order valence-electron chi connectivity index (χ4n) is 1.29. The van der Waals surface area contributed by atoms with Gasteiger partial charge in [0.05, 0.1) is 70.0 Å². The Kier molecular flexibility index (Phi) is 11.7. The molecule has 19 heavy (non-hydrogen) atoms. The Hall–Kier alpha value is -1.65. The first kappa shape index (κ1) is 17.4. The molecule has 2 unspecified atom stereocenters. The highest BCUT2D eigenvalue weighted by atomic mass is 16.6. The van der Waals surface area contributed by atoms with Crippen LogP contribution in [0.5, 0.6) is 0 Å². The summed E-state index contributed by atoms with van der Waals surface area (Å²) in [7, 11) is 0. The van der Waals surface area contributed by atoms with Crippen LogP contribution in [0.25, 0.3) is 0 Å². The van der Waals surface area contributed by atoms with Gasteiger partial charge in [0.1, 0.15) is 6.10 Å². The third kappa shape index (κ3) is 10.00. The Morgan fingerprint density at radius 1 is 0.842 bits per heavy atom. The molecule has 104 valence electrons. The Morgan fingerprint density at radius 2 is 1.37 bits per heavy atom. The SMILES string of the molecule is CC(OCCC#N)C(COCCC#N)OCCC#N. The summed E-state index contributed by atoms with van der Waals surface area (Å²) in [6.07, 6.45) is 0.429. The van der Waals surface area contributed by atoms with Gasteiger partial charge in [-0.2, -0.15) is 15.8 Å². The van der Waals surface area contributed by atoms with Crippen molar-refractivity contribution in [3.05, 3.63) is 0 Å². The van der Waals surface area contributed by atoms with Crippen molar-refractivity contribution >= 4 is 0 Å². The first-order chi connectivity index (χ1) is 9.26. The molecule has 0 fully saturated rings. The Balaban J connectivity index is 4.04. The lowest BCUT2D eigenvalue weighted by Gasteiger charge is -2.24.